The molecule has 66 valence electrons. The lowest BCUT2D eigenvalue weighted by atomic mass is 10.2. The smallest absolute Gasteiger partial charge is 0.205 e. The average molecular weight is 351 g/mol. The molecule has 1 rings (SSSR count). The second kappa shape index (κ2) is 3.95. The maximum absolute atomic E-state index is 12.9. The first-order chi connectivity index (χ1) is 5.52. The van der Waals surface area contributed by atoms with Crippen molar-refractivity contribution in [1.29, 1.82) is 0 Å². The quantitative estimate of drug-likeness (QED) is 0.527. The topological polar surface area (TPSA) is 0 Å². The van der Waals surface area contributed by atoms with E-state index in [2.05, 4.69) is 15.9 Å². The zero-order chi connectivity index (χ0) is 9.30. The molecule has 1 aromatic carbocycles. The van der Waals surface area contributed by atoms with Gasteiger partial charge in [-0.05, 0) is 50.7 Å². The van der Waals surface area contributed by atoms with Crippen LogP contribution in [0.25, 0.3) is 0 Å². The van der Waals surface area contributed by atoms with Gasteiger partial charge < -0.3 is 0 Å². The standard InChI is InChI=1S/C7H3BrF3I/c8-4-1-3(7(10)11)2-5(12)6(4)9/h1-2,7H. The number of halogens is 5. The van der Waals surface area contributed by atoms with Crippen molar-refractivity contribution >= 4 is 38.5 Å². The molecule has 0 saturated carbocycles. The fraction of sp³-hybridized carbons (Fsp3) is 0.143. The van der Waals surface area contributed by atoms with Gasteiger partial charge in [-0.3, -0.25) is 0 Å². The molecule has 0 spiro atoms. The molecule has 0 fully saturated rings. The third-order valence-corrected chi connectivity index (χ3v) is 2.62. The summed E-state index contributed by atoms with van der Waals surface area (Å²) < 4.78 is 37.4. The highest BCUT2D eigenvalue weighted by atomic mass is 127. The van der Waals surface area contributed by atoms with Crippen molar-refractivity contribution in [2.24, 2.45) is 0 Å². The predicted octanol–water partition coefficient (Wildman–Crippen LogP) is 4.13. The molecule has 0 N–H and O–H groups in total. The normalized spacial score (nSPS) is 10.8. The number of hydrogen-bond donors (Lipinski definition) is 0. The van der Waals surface area contributed by atoms with E-state index >= 15 is 0 Å². The molecule has 0 aliphatic heterocycles. The van der Waals surface area contributed by atoms with Crippen LogP contribution in [-0.4, -0.2) is 0 Å². The molecule has 0 saturated heterocycles. The maximum atomic E-state index is 12.9. The van der Waals surface area contributed by atoms with Crippen LogP contribution in [0.5, 0.6) is 0 Å². The minimum atomic E-state index is -2.56. The highest BCUT2D eigenvalue weighted by molar-refractivity contribution is 14.1. The van der Waals surface area contributed by atoms with Gasteiger partial charge in [-0.1, -0.05) is 0 Å². The van der Waals surface area contributed by atoms with E-state index in [-0.39, 0.29) is 13.6 Å². The van der Waals surface area contributed by atoms with Gasteiger partial charge >= 0.3 is 0 Å². The molecule has 0 atom stereocenters. The van der Waals surface area contributed by atoms with E-state index in [1.54, 1.807) is 22.6 Å². The van der Waals surface area contributed by atoms with Crippen molar-refractivity contribution in [2.75, 3.05) is 0 Å². The Hall–Kier alpha value is 0.220. The molecule has 0 aromatic heterocycles. The molecule has 5 heteroatoms. The van der Waals surface area contributed by atoms with E-state index in [1.807, 2.05) is 0 Å². The van der Waals surface area contributed by atoms with Crippen molar-refractivity contribution < 1.29 is 13.2 Å². The predicted molar refractivity (Wildman–Crippen MR) is 51.8 cm³/mol. The van der Waals surface area contributed by atoms with Gasteiger partial charge in [0.15, 0.2) is 5.82 Å². The zero-order valence-electron chi connectivity index (χ0n) is 5.62. The van der Waals surface area contributed by atoms with Gasteiger partial charge in [0.1, 0.15) is 0 Å². The molecule has 0 unspecified atom stereocenters. The fourth-order valence-corrected chi connectivity index (χ4v) is 2.20. The minimum absolute atomic E-state index is 0.0738. The Bertz CT molecular complexity index is 278. The molecule has 0 aliphatic rings. The van der Waals surface area contributed by atoms with Crippen molar-refractivity contribution in [3.63, 3.8) is 0 Å². The number of hydrogen-bond acceptors (Lipinski definition) is 0. The summed E-state index contributed by atoms with van der Waals surface area (Å²) in [5, 5.41) is 0. The SMILES string of the molecule is Fc1c(Br)cc(C(F)F)cc1I. The Morgan fingerprint density at radius 1 is 1.33 bits per heavy atom. The zero-order valence-corrected chi connectivity index (χ0v) is 9.37. The molecule has 0 nitrogen and oxygen atoms in total. The first kappa shape index (κ1) is 10.3. The van der Waals surface area contributed by atoms with E-state index < -0.39 is 12.2 Å². The molecular formula is C7H3BrF3I. The Balaban J connectivity index is 3.21. The first-order valence-electron chi connectivity index (χ1n) is 2.95. The van der Waals surface area contributed by atoms with Crippen molar-refractivity contribution in [3.8, 4) is 0 Å². The highest BCUT2D eigenvalue weighted by Gasteiger charge is 2.12. The summed E-state index contributed by atoms with van der Waals surface area (Å²) in [5.74, 6) is -0.500. The van der Waals surface area contributed by atoms with E-state index in [9.17, 15) is 13.2 Å². The van der Waals surface area contributed by atoms with Crippen LogP contribution >= 0.6 is 38.5 Å². The summed E-state index contributed by atoms with van der Waals surface area (Å²) in [6, 6.07) is 2.22. The first-order valence-corrected chi connectivity index (χ1v) is 4.82. The van der Waals surface area contributed by atoms with Crippen LogP contribution in [0, 0.1) is 9.39 Å². The Morgan fingerprint density at radius 2 is 1.92 bits per heavy atom. The van der Waals surface area contributed by atoms with Crippen LogP contribution in [0.3, 0.4) is 0 Å². The van der Waals surface area contributed by atoms with E-state index in [0.717, 1.165) is 12.1 Å². The van der Waals surface area contributed by atoms with Crippen molar-refractivity contribution in [1.82, 2.24) is 0 Å². The number of rotatable bonds is 1. The van der Waals surface area contributed by atoms with Gasteiger partial charge in [-0.15, -0.1) is 0 Å². The lowest BCUT2D eigenvalue weighted by Crippen LogP contribution is -1.90. The van der Waals surface area contributed by atoms with E-state index in [4.69, 9.17) is 0 Å². The third-order valence-electron chi connectivity index (χ3n) is 1.26. The second-order valence-electron chi connectivity index (χ2n) is 2.10. The lowest BCUT2D eigenvalue weighted by Gasteiger charge is -2.02. The van der Waals surface area contributed by atoms with Crippen LogP contribution in [0.15, 0.2) is 16.6 Å². The van der Waals surface area contributed by atoms with Crippen LogP contribution in [0.4, 0.5) is 13.2 Å². The van der Waals surface area contributed by atoms with Crippen LogP contribution in [0.1, 0.15) is 12.0 Å². The highest BCUT2D eigenvalue weighted by Crippen LogP contribution is 2.27. The van der Waals surface area contributed by atoms with E-state index in [1.165, 1.54) is 0 Å². The van der Waals surface area contributed by atoms with Gasteiger partial charge in [0.25, 0.3) is 6.43 Å². The summed E-state index contributed by atoms with van der Waals surface area (Å²) in [6.07, 6.45) is -2.56. The molecule has 0 radical (unpaired) electrons. The van der Waals surface area contributed by atoms with E-state index in [0.29, 0.717) is 0 Å². The largest absolute Gasteiger partial charge is 0.263 e. The van der Waals surface area contributed by atoms with Crippen LogP contribution in [0.2, 0.25) is 0 Å². The molecule has 0 bridgehead atoms. The number of benzene rings is 1. The monoisotopic (exact) mass is 350 g/mol. The molecular weight excluding hydrogens is 348 g/mol. The average Bonchev–Trinajstić information content (AvgIpc) is 1.99. The summed E-state index contributed by atoms with van der Waals surface area (Å²) in [5.41, 5.74) is -0.173. The van der Waals surface area contributed by atoms with Crippen LogP contribution < -0.4 is 0 Å². The molecule has 0 amide bonds. The minimum Gasteiger partial charge on any atom is -0.205 e. The second-order valence-corrected chi connectivity index (χ2v) is 4.12. The van der Waals surface area contributed by atoms with Crippen molar-refractivity contribution in [2.45, 2.75) is 6.43 Å². The van der Waals surface area contributed by atoms with Gasteiger partial charge in [-0.2, -0.15) is 0 Å². The lowest BCUT2D eigenvalue weighted by molar-refractivity contribution is 0.151. The maximum Gasteiger partial charge on any atom is 0.263 e. The fourth-order valence-electron chi connectivity index (χ4n) is 0.701. The molecule has 12 heavy (non-hydrogen) atoms. The molecule has 1 aromatic rings. The van der Waals surface area contributed by atoms with Gasteiger partial charge in [0, 0.05) is 5.56 Å². The Labute approximate surface area is 89.4 Å². The van der Waals surface area contributed by atoms with Crippen molar-refractivity contribution in [3.05, 3.63) is 31.6 Å². The molecule has 0 aliphatic carbocycles. The summed E-state index contributed by atoms with van der Waals surface area (Å²) >= 11 is 4.52. The summed E-state index contributed by atoms with van der Waals surface area (Å²) in [7, 11) is 0. The number of alkyl halides is 2. The summed E-state index contributed by atoms with van der Waals surface area (Å²) in [4.78, 5) is 0. The summed E-state index contributed by atoms with van der Waals surface area (Å²) in [6.45, 7) is 0. The molecule has 0 heterocycles. The Kier molecular flexibility index (Phi) is 3.39. The van der Waals surface area contributed by atoms with Gasteiger partial charge in [-0.25, -0.2) is 13.2 Å². The van der Waals surface area contributed by atoms with Gasteiger partial charge in [0.05, 0.1) is 8.04 Å². The van der Waals surface area contributed by atoms with Gasteiger partial charge in [0.2, 0.25) is 0 Å². The third kappa shape index (κ3) is 2.12. The Morgan fingerprint density at radius 3 is 2.33 bits per heavy atom. The van der Waals surface area contributed by atoms with Crippen LogP contribution in [-0.2, 0) is 0 Å².